The number of rotatable bonds is 5. The van der Waals surface area contributed by atoms with E-state index in [1.165, 1.54) is 17.0 Å². The van der Waals surface area contributed by atoms with Gasteiger partial charge in [-0.3, -0.25) is 0 Å². The maximum atomic E-state index is 13.0. The van der Waals surface area contributed by atoms with Gasteiger partial charge in [0.1, 0.15) is 5.82 Å². The smallest absolute Gasteiger partial charge is 0.321 e. The lowest BCUT2D eigenvalue weighted by atomic mass is 10.2. The van der Waals surface area contributed by atoms with Gasteiger partial charge >= 0.3 is 6.03 Å². The molecule has 0 unspecified atom stereocenters. The number of carbonyl (C=O) groups is 1. The number of nitrogens with zero attached hydrogens (tertiary/aromatic N) is 3. The van der Waals surface area contributed by atoms with Crippen molar-refractivity contribution in [2.45, 2.75) is 6.42 Å². The topological polar surface area (TPSA) is 71.3 Å². The molecule has 1 aromatic heterocycles. The lowest BCUT2D eigenvalue weighted by Gasteiger charge is -2.17. The largest absolute Gasteiger partial charge is 0.334 e. The van der Waals surface area contributed by atoms with Crippen molar-refractivity contribution in [3.05, 3.63) is 65.2 Å². The highest BCUT2D eigenvalue weighted by atomic mass is 35.5. The molecule has 2 amide bonds. The van der Waals surface area contributed by atoms with Crippen LogP contribution in [-0.2, 0) is 6.42 Å². The third-order valence-corrected chi connectivity index (χ3v) is 3.89. The summed E-state index contributed by atoms with van der Waals surface area (Å²) in [4.78, 5) is 17.9. The van der Waals surface area contributed by atoms with Crippen molar-refractivity contribution >= 4 is 23.3 Å². The second-order valence-electron chi connectivity index (χ2n) is 5.63. The molecule has 0 aliphatic carbocycles. The number of carbonyl (C=O) groups excluding carboxylic acids is 1. The Morgan fingerprint density at radius 2 is 2.04 bits per heavy atom. The number of hydrogen-bond donors (Lipinski definition) is 1. The molecule has 1 N–H and O–H groups in total. The molecule has 0 saturated carbocycles. The maximum absolute atomic E-state index is 13.0. The number of halogens is 2. The monoisotopic (exact) mass is 374 g/mol. The molecule has 0 saturated heterocycles. The van der Waals surface area contributed by atoms with Crippen molar-refractivity contribution < 1.29 is 13.7 Å². The van der Waals surface area contributed by atoms with Gasteiger partial charge in [0.2, 0.25) is 0 Å². The van der Waals surface area contributed by atoms with Crippen LogP contribution < -0.4 is 5.32 Å². The van der Waals surface area contributed by atoms with E-state index in [1.807, 2.05) is 0 Å². The van der Waals surface area contributed by atoms with Crippen LogP contribution in [-0.4, -0.2) is 34.7 Å². The predicted octanol–water partition coefficient (Wildman–Crippen LogP) is 4.24. The standard InChI is InChI=1S/C18H16ClFN4O2/c1-24(18(25)21-15-4-2-3-13(19)11-15)10-9-16-22-17(26-23-16)12-5-7-14(20)8-6-12/h2-8,11H,9-10H2,1H3,(H,21,25). The minimum absolute atomic E-state index is 0.269. The Morgan fingerprint density at radius 1 is 1.27 bits per heavy atom. The summed E-state index contributed by atoms with van der Waals surface area (Å²) in [5, 5.41) is 7.19. The molecule has 1 heterocycles. The summed E-state index contributed by atoms with van der Waals surface area (Å²) in [7, 11) is 1.67. The van der Waals surface area contributed by atoms with Crippen molar-refractivity contribution in [2.75, 3.05) is 18.9 Å². The van der Waals surface area contributed by atoms with Crippen LogP contribution in [0.25, 0.3) is 11.5 Å². The molecule has 0 radical (unpaired) electrons. The van der Waals surface area contributed by atoms with Gasteiger partial charge in [0.05, 0.1) is 0 Å². The van der Waals surface area contributed by atoms with Crippen molar-refractivity contribution in [1.82, 2.24) is 15.0 Å². The zero-order chi connectivity index (χ0) is 18.5. The number of benzene rings is 2. The third-order valence-electron chi connectivity index (χ3n) is 3.65. The Morgan fingerprint density at radius 3 is 2.77 bits per heavy atom. The summed E-state index contributed by atoms with van der Waals surface area (Å²) in [5.74, 6) is 0.443. The fraction of sp³-hybridized carbons (Fsp3) is 0.167. The number of hydrogen-bond acceptors (Lipinski definition) is 4. The summed E-state index contributed by atoms with van der Waals surface area (Å²) in [5.41, 5.74) is 1.25. The summed E-state index contributed by atoms with van der Waals surface area (Å²) < 4.78 is 18.1. The van der Waals surface area contributed by atoms with E-state index in [-0.39, 0.29) is 11.8 Å². The van der Waals surface area contributed by atoms with Crippen LogP contribution in [0.2, 0.25) is 5.02 Å². The number of nitrogens with one attached hydrogen (secondary N) is 1. The predicted molar refractivity (Wildman–Crippen MR) is 96.5 cm³/mol. The van der Waals surface area contributed by atoms with Crippen LogP contribution in [0.5, 0.6) is 0 Å². The molecular formula is C18H16ClFN4O2. The van der Waals surface area contributed by atoms with Gasteiger partial charge in [-0.25, -0.2) is 9.18 Å². The molecule has 0 atom stereocenters. The Hall–Kier alpha value is -2.93. The second-order valence-corrected chi connectivity index (χ2v) is 6.07. The van der Waals surface area contributed by atoms with Gasteiger partial charge in [0, 0.05) is 36.3 Å². The third kappa shape index (κ3) is 4.58. The SMILES string of the molecule is CN(CCc1noc(-c2ccc(F)cc2)n1)C(=O)Nc1cccc(Cl)c1. The van der Waals surface area contributed by atoms with Gasteiger partial charge < -0.3 is 14.7 Å². The Bertz CT molecular complexity index is 898. The van der Waals surface area contributed by atoms with E-state index in [0.717, 1.165) is 0 Å². The number of likely N-dealkylation sites (N-methyl/N-ethyl adjacent to an activating group) is 1. The molecule has 3 rings (SSSR count). The molecule has 0 spiro atoms. The first kappa shape index (κ1) is 17.9. The zero-order valence-corrected chi connectivity index (χ0v) is 14.7. The average Bonchev–Trinajstić information content (AvgIpc) is 3.09. The van der Waals surface area contributed by atoms with Crippen LogP contribution in [0.1, 0.15) is 5.82 Å². The lowest BCUT2D eigenvalue weighted by molar-refractivity contribution is 0.222. The van der Waals surface area contributed by atoms with E-state index in [2.05, 4.69) is 15.5 Å². The van der Waals surface area contributed by atoms with Crippen molar-refractivity contribution in [1.29, 1.82) is 0 Å². The number of anilines is 1. The Labute approximate surface area is 154 Å². The van der Waals surface area contributed by atoms with Gasteiger partial charge in [0.25, 0.3) is 5.89 Å². The van der Waals surface area contributed by atoms with Crippen LogP contribution in [0.15, 0.2) is 53.1 Å². The van der Waals surface area contributed by atoms with Gasteiger partial charge in [-0.1, -0.05) is 22.8 Å². The van der Waals surface area contributed by atoms with Crippen LogP contribution >= 0.6 is 11.6 Å². The molecule has 0 bridgehead atoms. The first-order valence-electron chi connectivity index (χ1n) is 7.87. The molecule has 3 aromatic rings. The molecule has 8 heteroatoms. The molecule has 26 heavy (non-hydrogen) atoms. The summed E-state index contributed by atoms with van der Waals surface area (Å²) in [6, 6.07) is 12.4. The van der Waals surface area contributed by atoms with Crippen LogP contribution in [0.4, 0.5) is 14.9 Å². The van der Waals surface area contributed by atoms with Crippen molar-refractivity contribution in [2.24, 2.45) is 0 Å². The molecule has 0 aliphatic rings. The van der Waals surface area contributed by atoms with E-state index in [1.54, 1.807) is 43.4 Å². The Balaban J connectivity index is 1.55. The van der Waals surface area contributed by atoms with E-state index >= 15 is 0 Å². The van der Waals surface area contributed by atoms with Gasteiger partial charge in [-0.05, 0) is 42.5 Å². The maximum Gasteiger partial charge on any atom is 0.321 e. The quantitative estimate of drug-likeness (QED) is 0.725. The summed E-state index contributed by atoms with van der Waals surface area (Å²) in [6.07, 6.45) is 0.421. The van der Waals surface area contributed by atoms with Crippen LogP contribution in [0.3, 0.4) is 0 Å². The normalized spacial score (nSPS) is 10.6. The second kappa shape index (κ2) is 7.97. The lowest BCUT2D eigenvalue weighted by Crippen LogP contribution is -2.33. The number of aromatic nitrogens is 2. The van der Waals surface area contributed by atoms with E-state index in [4.69, 9.17) is 16.1 Å². The Kier molecular flexibility index (Phi) is 5.48. The van der Waals surface area contributed by atoms with Gasteiger partial charge in [-0.15, -0.1) is 0 Å². The first-order chi connectivity index (χ1) is 12.5. The minimum atomic E-state index is -0.333. The molecule has 134 valence electrons. The first-order valence-corrected chi connectivity index (χ1v) is 8.25. The van der Waals surface area contributed by atoms with Crippen molar-refractivity contribution in [3.63, 3.8) is 0 Å². The highest BCUT2D eigenvalue weighted by molar-refractivity contribution is 6.30. The van der Waals surface area contributed by atoms with E-state index < -0.39 is 0 Å². The number of amides is 2. The molecule has 0 aliphatic heterocycles. The minimum Gasteiger partial charge on any atom is -0.334 e. The highest BCUT2D eigenvalue weighted by Crippen LogP contribution is 2.18. The molecular weight excluding hydrogens is 359 g/mol. The van der Waals surface area contributed by atoms with E-state index in [0.29, 0.717) is 41.0 Å². The molecule has 6 nitrogen and oxygen atoms in total. The fourth-order valence-electron chi connectivity index (χ4n) is 2.22. The molecule has 2 aromatic carbocycles. The summed E-state index contributed by atoms with van der Waals surface area (Å²) >= 11 is 5.90. The fourth-order valence-corrected chi connectivity index (χ4v) is 2.41. The van der Waals surface area contributed by atoms with E-state index in [9.17, 15) is 9.18 Å². The van der Waals surface area contributed by atoms with Gasteiger partial charge in [0.15, 0.2) is 5.82 Å². The van der Waals surface area contributed by atoms with Crippen LogP contribution in [0, 0.1) is 5.82 Å². The zero-order valence-electron chi connectivity index (χ0n) is 13.9. The summed E-state index contributed by atoms with van der Waals surface area (Å²) in [6.45, 7) is 0.398. The molecule has 0 fully saturated rings. The highest BCUT2D eigenvalue weighted by Gasteiger charge is 2.13. The van der Waals surface area contributed by atoms with Gasteiger partial charge in [-0.2, -0.15) is 4.98 Å². The van der Waals surface area contributed by atoms with Crippen molar-refractivity contribution in [3.8, 4) is 11.5 Å². The number of urea groups is 1. The average molecular weight is 375 g/mol.